The first-order valence-electron chi connectivity index (χ1n) is 12.3. The third-order valence-electron chi connectivity index (χ3n) is 6.81. The van der Waals surface area contributed by atoms with E-state index in [1.807, 2.05) is 93.6 Å². The normalized spacial score (nSPS) is 11.9. The average molecular weight is 490 g/mol. The second-order valence-electron chi connectivity index (χ2n) is 10.3. The molecule has 0 saturated heterocycles. The predicted molar refractivity (Wildman–Crippen MR) is 146 cm³/mol. The fraction of sp³-hybridized carbons (Fsp3) is 0.121. The summed E-state index contributed by atoms with van der Waals surface area (Å²) in [5.41, 5.74) is 5.51. The van der Waals surface area contributed by atoms with Crippen molar-refractivity contribution in [3.8, 4) is 33.5 Å². The monoisotopic (exact) mass is 489 g/mol. The van der Waals surface area contributed by atoms with E-state index in [9.17, 15) is 0 Å². The molecule has 2 nitrogen and oxygen atoms in total. The molecular weight excluding hydrogens is 464 g/mol. The Morgan fingerprint density at radius 1 is 0.649 bits per heavy atom. The molecular formula is C33H25F2NO. The second kappa shape index (κ2) is 8.67. The van der Waals surface area contributed by atoms with Crippen LogP contribution < -0.4 is 0 Å². The van der Waals surface area contributed by atoms with Crippen molar-refractivity contribution >= 4 is 21.9 Å². The van der Waals surface area contributed by atoms with Crippen molar-refractivity contribution in [2.75, 3.05) is 0 Å². The number of furan rings is 1. The van der Waals surface area contributed by atoms with Gasteiger partial charge < -0.3 is 4.42 Å². The Hall–Kier alpha value is -4.31. The van der Waals surface area contributed by atoms with Crippen LogP contribution in [-0.2, 0) is 5.41 Å². The molecule has 0 unspecified atom stereocenters. The summed E-state index contributed by atoms with van der Waals surface area (Å²) < 4.78 is 36.8. The molecule has 0 aliphatic heterocycles. The van der Waals surface area contributed by atoms with Gasteiger partial charge in [-0.3, -0.25) is 4.98 Å². The van der Waals surface area contributed by atoms with Crippen LogP contribution in [0.15, 0.2) is 102 Å². The number of hydrogen-bond donors (Lipinski definition) is 0. The minimum absolute atomic E-state index is 0.310. The number of benzene rings is 4. The third kappa shape index (κ3) is 3.99. The van der Waals surface area contributed by atoms with Gasteiger partial charge in [-0.1, -0.05) is 81.4 Å². The number of para-hydroxylation sites is 1. The van der Waals surface area contributed by atoms with Crippen molar-refractivity contribution in [2.45, 2.75) is 26.2 Å². The van der Waals surface area contributed by atoms with Crippen LogP contribution in [0.4, 0.5) is 8.78 Å². The SMILES string of the molecule is CC(C)(C)c1cnc(-c2cccc3c2oc2c(-c4cccc(-c5ccccc5)c4)c(F)ccc23)cc1F. The Morgan fingerprint density at radius 3 is 2.11 bits per heavy atom. The molecule has 2 aromatic heterocycles. The fourth-order valence-electron chi connectivity index (χ4n) is 4.92. The molecule has 0 N–H and O–H groups in total. The summed E-state index contributed by atoms with van der Waals surface area (Å²) in [5, 5.41) is 1.63. The zero-order chi connectivity index (χ0) is 25.7. The number of fused-ring (bicyclic) bond motifs is 3. The molecule has 37 heavy (non-hydrogen) atoms. The van der Waals surface area contributed by atoms with Crippen LogP contribution in [0.25, 0.3) is 55.4 Å². The van der Waals surface area contributed by atoms with Gasteiger partial charge in [0.25, 0.3) is 0 Å². The molecule has 0 atom stereocenters. The number of nitrogens with zero attached hydrogens (tertiary/aromatic N) is 1. The lowest BCUT2D eigenvalue weighted by atomic mass is 9.87. The molecule has 4 aromatic carbocycles. The van der Waals surface area contributed by atoms with E-state index in [-0.39, 0.29) is 17.0 Å². The lowest BCUT2D eigenvalue weighted by Gasteiger charge is -2.19. The van der Waals surface area contributed by atoms with Gasteiger partial charge in [-0.05, 0) is 46.4 Å². The number of aromatic nitrogens is 1. The molecule has 4 heteroatoms. The number of hydrogen-bond acceptors (Lipinski definition) is 2. The van der Waals surface area contributed by atoms with E-state index in [4.69, 9.17) is 4.42 Å². The van der Waals surface area contributed by atoms with Gasteiger partial charge in [0.15, 0.2) is 0 Å². The predicted octanol–water partition coefficient (Wildman–Crippen LogP) is 9.56. The minimum atomic E-state index is -0.364. The molecule has 0 amide bonds. The number of pyridine rings is 1. The Morgan fingerprint density at radius 2 is 1.35 bits per heavy atom. The molecule has 0 aliphatic rings. The average Bonchev–Trinajstić information content (AvgIpc) is 3.27. The summed E-state index contributed by atoms with van der Waals surface area (Å²) in [6, 6.07) is 28.1. The summed E-state index contributed by atoms with van der Waals surface area (Å²) in [6.45, 7) is 5.86. The van der Waals surface area contributed by atoms with E-state index in [1.54, 1.807) is 12.3 Å². The highest BCUT2D eigenvalue weighted by atomic mass is 19.1. The van der Waals surface area contributed by atoms with Crippen LogP contribution in [0, 0.1) is 11.6 Å². The number of rotatable bonds is 3. The van der Waals surface area contributed by atoms with Gasteiger partial charge >= 0.3 is 0 Å². The van der Waals surface area contributed by atoms with Gasteiger partial charge in [0, 0.05) is 34.2 Å². The van der Waals surface area contributed by atoms with Crippen LogP contribution in [0.1, 0.15) is 26.3 Å². The molecule has 0 bridgehead atoms. The third-order valence-corrected chi connectivity index (χ3v) is 6.81. The van der Waals surface area contributed by atoms with Crippen LogP contribution in [0.2, 0.25) is 0 Å². The Kier molecular flexibility index (Phi) is 5.41. The van der Waals surface area contributed by atoms with Gasteiger partial charge in [-0.25, -0.2) is 8.78 Å². The van der Waals surface area contributed by atoms with Crippen LogP contribution in [0.5, 0.6) is 0 Å². The maximum atomic E-state index is 15.4. The lowest BCUT2D eigenvalue weighted by Crippen LogP contribution is -2.14. The maximum Gasteiger partial charge on any atom is 0.146 e. The van der Waals surface area contributed by atoms with Crippen molar-refractivity contribution in [3.63, 3.8) is 0 Å². The van der Waals surface area contributed by atoms with E-state index in [1.165, 1.54) is 12.1 Å². The molecule has 2 heterocycles. The van der Waals surface area contributed by atoms with Crippen LogP contribution in [-0.4, -0.2) is 4.98 Å². The summed E-state index contributed by atoms with van der Waals surface area (Å²) in [7, 11) is 0. The van der Waals surface area contributed by atoms with Gasteiger partial charge in [0.1, 0.15) is 22.8 Å². The summed E-state index contributed by atoms with van der Waals surface area (Å²) in [5.74, 6) is -0.674. The highest BCUT2D eigenvalue weighted by Crippen LogP contribution is 2.41. The Bertz CT molecular complexity index is 1780. The van der Waals surface area contributed by atoms with Gasteiger partial charge in [-0.15, -0.1) is 0 Å². The molecule has 182 valence electrons. The molecule has 0 fully saturated rings. The van der Waals surface area contributed by atoms with Crippen molar-refractivity contribution in [1.82, 2.24) is 4.98 Å². The molecule has 0 spiro atoms. The molecule has 6 rings (SSSR count). The van der Waals surface area contributed by atoms with Crippen molar-refractivity contribution in [2.24, 2.45) is 0 Å². The van der Waals surface area contributed by atoms with Crippen LogP contribution >= 0.6 is 0 Å². The first kappa shape index (κ1) is 23.1. The van der Waals surface area contributed by atoms with E-state index < -0.39 is 0 Å². The zero-order valence-electron chi connectivity index (χ0n) is 20.8. The Labute approximate surface area is 214 Å². The zero-order valence-corrected chi connectivity index (χ0v) is 20.8. The van der Waals surface area contributed by atoms with E-state index in [0.717, 1.165) is 27.5 Å². The largest absolute Gasteiger partial charge is 0.455 e. The standard InChI is InChI=1S/C33H25F2NO/c1-33(2,3)26-19-36-29(18-28(26)35)25-14-8-13-23-24-15-16-27(34)30(32(24)37-31(23)25)22-12-7-11-21(17-22)20-9-5-4-6-10-20/h4-19H,1-3H3. The van der Waals surface area contributed by atoms with E-state index in [0.29, 0.717) is 33.6 Å². The van der Waals surface area contributed by atoms with Crippen molar-refractivity contribution < 1.29 is 13.2 Å². The summed E-state index contributed by atoms with van der Waals surface area (Å²) >= 11 is 0. The van der Waals surface area contributed by atoms with Crippen LogP contribution in [0.3, 0.4) is 0 Å². The smallest absolute Gasteiger partial charge is 0.146 e. The van der Waals surface area contributed by atoms with Crippen molar-refractivity contribution in [3.05, 3.63) is 114 Å². The van der Waals surface area contributed by atoms with E-state index >= 15 is 8.78 Å². The number of halogens is 2. The van der Waals surface area contributed by atoms with Gasteiger partial charge in [0.2, 0.25) is 0 Å². The maximum absolute atomic E-state index is 15.4. The first-order valence-corrected chi connectivity index (χ1v) is 12.3. The second-order valence-corrected chi connectivity index (χ2v) is 10.3. The topological polar surface area (TPSA) is 26.0 Å². The van der Waals surface area contributed by atoms with E-state index in [2.05, 4.69) is 4.98 Å². The molecule has 6 aromatic rings. The Balaban J connectivity index is 1.56. The van der Waals surface area contributed by atoms with Gasteiger partial charge in [-0.2, -0.15) is 0 Å². The molecule has 0 aliphatic carbocycles. The highest BCUT2D eigenvalue weighted by Gasteiger charge is 2.22. The molecule has 0 saturated carbocycles. The fourth-order valence-corrected chi connectivity index (χ4v) is 4.92. The van der Waals surface area contributed by atoms with Crippen molar-refractivity contribution in [1.29, 1.82) is 0 Å². The highest BCUT2D eigenvalue weighted by molar-refractivity contribution is 6.13. The minimum Gasteiger partial charge on any atom is -0.455 e. The first-order chi connectivity index (χ1) is 17.8. The quantitative estimate of drug-likeness (QED) is 0.247. The van der Waals surface area contributed by atoms with Gasteiger partial charge in [0.05, 0.1) is 11.3 Å². The summed E-state index contributed by atoms with van der Waals surface area (Å²) in [4.78, 5) is 4.57. The molecule has 0 radical (unpaired) electrons. The summed E-state index contributed by atoms with van der Waals surface area (Å²) in [6.07, 6.45) is 1.59. The lowest BCUT2D eigenvalue weighted by molar-refractivity contribution is 0.520.